The number of nitrogens with one attached hydrogen (secondary N) is 1. The number of hydrogen-bond acceptors (Lipinski definition) is 5. The Kier molecular flexibility index (Phi) is 4.59. The summed E-state index contributed by atoms with van der Waals surface area (Å²) in [7, 11) is 2.04. The molecule has 0 spiro atoms. The van der Waals surface area contributed by atoms with Crippen LogP contribution in [0, 0.1) is 6.92 Å². The molecule has 1 atom stereocenters. The Balaban J connectivity index is 2.15. The van der Waals surface area contributed by atoms with Crippen molar-refractivity contribution in [3.05, 3.63) is 29.3 Å². The van der Waals surface area contributed by atoms with Crippen LogP contribution in [0.5, 0.6) is 5.75 Å². The number of nitrogens with zero attached hydrogens (tertiary/aromatic N) is 2. The predicted octanol–water partition coefficient (Wildman–Crippen LogP) is 0.578. The lowest BCUT2D eigenvalue weighted by molar-refractivity contribution is -0.141. The van der Waals surface area contributed by atoms with Crippen LogP contribution >= 0.6 is 0 Å². The van der Waals surface area contributed by atoms with Gasteiger partial charge in [0.25, 0.3) is 0 Å². The van der Waals surface area contributed by atoms with Gasteiger partial charge in [-0.15, -0.1) is 0 Å². The van der Waals surface area contributed by atoms with E-state index in [1.54, 1.807) is 12.1 Å². The molecular weight excluding hydrogens is 258 g/mol. The van der Waals surface area contributed by atoms with E-state index in [-0.39, 0.29) is 5.75 Å². The largest absolute Gasteiger partial charge is 0.508 e. The number of carboxylic acids is 1. The Morgan fingerprint density at radius 1 is 1.30 bits per heavy atom. The zero-order chi connectivity index (χ0) is 14.7. The second-order valence-electron chi connectivity index (χ2n) is 5.25. The molecule has 0 radical (unpaired) electrons. The number of hydrazine groups is 1. The van der Waals surface area contributed by atoms with Gasteiger partial charge in [0.2, 0.25) is 0 Å². The quantitative estimate of drug-likeness (QED) is 0.748. The molecule has 1 unspecified atom stereocenters. The van der Waals surface area contributed by atoms with Crippen molar-refractivity contribution >= 4 is 5.97 Å². The fraction of sp³-hybridized carbons (Fsp3) is 0.500. The van der Waals surface area contributed by atoms with Crippen molar-refractivity contribution in [1.82, 2.24) is 15.3 Å². The highest BCUT2D eigenvalue weighted by Gasteiger charge is 2.26. The third kappa shape index (κ3) is 3.47. The van der Waals surface area contributed by atoms with Gasteiger partial charge >= 0.3 is 5.97 Å². The summed E-state index contributed by atoms with van der Waals surface area (Å²) in [6, 6.07) is 4.06. The minimum Gasteiger partial charge on any atom is -0.508 e. The number of hydrogen-bond donors (Lipinski definition) is 3. The molecule has 1 aromatic carbocycles. The molecule has 0 saturated carbocycles. The molecule has 1 aromatic rings. The molecule has 6 nitrogen and oxygen atoms in total. The van der Waals surface area contributed by atoms with Crippen LogP contribution in [-0.2, 0) is 4.79 Å². The SMILES string of the molecule is Cc1ccc(O)c(C(NN2CCN(C)CC2)C(=O)O)c1. The molecular formula is C14H21N3O3. The normalized spacial score (nSPS) is 18.9. The van der Waals surface area contributed by atoms with Crippen LogP contribution in [0.4, 0.5) is 0 Å². The van der Waals surface area contributed by atoms with Crippen LogP contribution < -0.4 is 5.43 Å². The molecule has 0 aliphatic carbocycles. The van der Waals surface area contributed by atoms with Gasteiger partial charge in [0.1, 0.15) is 11.8 Å². The first-order chi connectivity index (χ1) is 9.47. The van der Waals surface area contributed by atoms with Gasteiger partial charge in [0.05, 0.1) is 0 Å². The first kappa shape index (κ1) is 14.8. The number of aliphatic carboxylic acids is 1. The number of benzene rings is 1. The molecule has 1 heterocycles. The summed E-state index contributed by atoms with van der Waals surface area (Å²) in [5, 5.41) is 21.2. The van der Waals surface area contributed by atoms with Crippen molar-refractivity contribution in [2.24, 2.45) is 0 Å². The fourth-order valence-corrected chi connectivity index (χ4v) is 2.28. The summed E-state index contributed by atoms with van der Waals surface area (Å²) in [6.45, 7) is 5.16. The lowest BCUT2D eigenvalue weighted by atomic mass is 10.0. The van der Waals surface area contributed by atoms with Gasteiger partial charge in [-0.25, -0.2) is 10.4 Å². The predicted molar refractivity (Wildman–Crippen MR) is 75.4 cm³/mol. The zero-order valence-corrected chi connectivity index (χ0v) is 11.8. The van der Waals surface area contributed by atoms with Gasteiger partial charge in [0, 0.05) is 31.7 Å². The number of aryl methyl sites for hydroxylation is 1. The molecule has 1 aliphatic rings. The van der Waals surface area contributed by atoms with Crippen LogP contribution in [0.1, 0.15) is 17.2 Å². The molecule has 110 valence electrons. The third-order valence-electron chi connectivity index (χ3n) is 3.56. The van der Waals surface area contributed by atoms with E-state index in [4.69, 9.17) is 0 Å². The van der Waals surface area contributed by atoms with Crippen molar-refractivity contribution < 1.29 is 15.0 Å². The van der Waals surface area contributed by atoms with Gasteiger partial charge in [0.15, 0.2) is 0 Å². The van der Waals surface area contributed by atoms with E-state index in [0.717, 1.165) is 31.7 Å². The monoisotopic (exact) mass is 279 g/mol. The molecule has 20 heavy (non-hydrogen) atoms. The van der Waals surface area contributed by atoms with Crippen molar-refractivity contribution in [3.63, 3.8) is 0 Å². The van der Waals surface area contributed by atoms with Crippen molar-refractivity contribution in [3.8, 4) is 5.75 Å². The van der Waals surface area contributed by atoms with Crippen molar-refractivity contribution in [2.75, 3.05) is 33.2 Å². The van der Waals surface area contributed by atoms with Crippen LogP contribution in [0.3, 0.4) is 0 Å². The average molecular weight is 279 g/mol. The van der Waals surface area contributed by atoms with Crippen LogP contribution in [0.15, 0.2) is 18.2 Å². The van der Waals surface area contributed by atoms with Crippen molar-refractivity contribution in [1.29, 1.82) is 0 Å². The van der Waals surface area contributed by atoms with E-state index in [9.17, 15) is 15.0 Å². The summed E-state index contributed by atoms with van der Waals surface area (Å²) in [5.41, 5.74) is 4.33. The van der Waals surface area contributed by atoms with E-state index in [1.165, 1.54) is 6.07 Å². The minimum absolute atomic E-state index is 0.00428. The van der Waals surface area contributed by atoms with Gasteiger partial charge in [-0.05, 0) is 20.0 Å². The van der Waals surface area contributed by atoms with Crippen molar-refractivity contribution in [2.45, 2.75) is 13.0 Å². The number of rotatable bonds is 4. The number of aromatic hydroxyl groups is 1. The van der Waals surface area contributed by atoms with Crippen LogP contribution in [0.25, 0.3) is 0 Å². The summed E-state index contributed by atoms with van der Waals surface area (Å²) in [5.74, 6) is -0.991. The number of piperazine rings is 1. The number of phenols is 1. The van der Waals surface area contributed by atoms with E-state index >= 15 is 0 Å². The first-order valence-corrected chi connectivity index (χ1v) is 6.69. The average Bonchev–Trinajstić information content (AvgIpc) is 2.41. The maximum atomic E-state index is 11.5. The number of carboxylic acid groups (broad SMARTS) is 1. The molecule has 0 bridgehead atoms. The molecule has 6 heteroatoms. The van der Waals surface area contributed by atoms with E-state index in [0.29, 0.717) is 5.56 Å². The fourth-order valence-electron chi connectivity index (χ4n) is 2.28. The lowest BCUT2D eigenvalue weighted by Crippen LogP contribution is -2.52. The minimum atomic E-state index is -0.996. The molecule has 3 N–H and O–H groups in total. The van der Waals surface area contributed by atoms with E-state index < -0.39 is 12.0 Å². The Labute approximate surface area is 118 Å². The summed E-state index contributed by atoms with van der Waals surface area (Å²) in [6.07, 6.45) is 0. The Morgan fingerprint density at radius 2 is 1.95 bits per heavy atom. The highest BCUT2D eigenvalue weighted by molar-refractivity contribution is 5.76. The van der Waals surface area contributed by atoms with Crippen LogP contribution in [-0.4, -0.2) is 59.3 Å². The topological polar surface area (TPSA) is 76.0 Å². The molecule has 1 aliphatic heterocycles. The molecule has 0 amide bonds. The standard InChI is InChI=1S/C14H21N3O3/c1-10-3-4-12(18)11(9-10)13(14(19)20)15-17-7-5-16(2)6-8-17/h3-4,9,13,15,18H,5-8H2,1-2H3,(H,19,20). The lowest BCUT2D eigenvalue weighted by Gasteiger charge is -2.34. The number of likely N-dealkylation sites (N-methyl/N-ethyl adjacent to an activating group) is 1. The summed E-state index contributed by atoms with van der Waals surface area (Å²) < 4.78 is 0. The van der Waals surface area contributed by atoms with Gasteiger partial charge in [-0.1, -0.05) is 17.7 Å². The number of phenolic OH excluding ortho intramolecular Hbond substituents is 1. The van der Waals surface area contributed by atoms with Crippen LogP contribution in [0.2, 0.25) is 0 Å². The van der Waals surface area contributed by atoms with E-state index in [2.05, 4.69) is 10.3 Å². The molecule has 2 rings (SSSR count). The smallest absolute Gasteiger partial charge is 0.326 e. The second kappa shape index (κ2) is 6.21. The van der Waals surface area contributed by atoms with Gasteiger partial charge < -0.3 is 15.1 Å². The maximum absolute atomic E-state index is 11.5. The molecule has 1 saturated heterocycles. The molecule has 1 fully saturated rings. The summed E-state index contributed by atoms with van der Waals surface area (Å²) in [4.78, 5) is 13.7. The maximum Gasteiger partial charge on any atom is 0.326 e. The van der Waals surface area contributed by atoms with Gasteiger partial charge in [-0.3, -0.25) is 4.79 Å². The molecule has 0 aromatic heterocycles. The highest BCUT2D eigenvalue weighted by atomic mass is 16.4. The second-order valence-corrected chi connectivity index (χ2v) is 5.25. The Hall–Kier alpha value is -1.63. The third-order valence-corrected chi connectivity index (χ3v) is 3.56. The Bertz CT molecular complexity index is 485. The Morgan fingerprint density at radius 3 is 2.55 bits per heavy atom. The first-order valence-electron chi connectivity index (χ1n) is 6.69. The summed E-state index contributed by atoms with van der Waals surface area (Å²) >= 11 is 0. The van der Waals surface area contributed by atoms with E-state index in [1.807, 2.05) is 19.0 Å². The zero-order valence-electron chi connectivity index (χ0n) is 11.8. The highest BCUT2D eigenvalue weighted by Crippen LogP contribution is 2.26. The van der Waals surface area contributed by atoms with Gasteiger partial charge in [-0.2, -0.15) is 0 Å². The number of carbonyl (C=O) groups is 1.